The number of nitrogens with zero attached hydrogens (tertiary/aromatic N) is 3. The van der Waals surface area contributed by atoms with Crippen LogP contribution in [-0.2, 0) is 0 Å². The Labute approximate surface area is 133 Å². The Morgan fingerprint density at radius 3 is 2.81 bits per heavy atom. The number of halogens is 1. The van der Waals surface area contributed by atoms with Crippen LogP contribution in [0.4, 0.5) is 17.5 Å². The first-order valence-corrected chi connectivity index (χ1v) is 7.80. The van der Waals surface area contributed by atoms with Gasteiger partial charge in [0.25, 0.3) is 0 Å². The normalized spacial score (nSPS) is 10.7. The summed E-state index contributed by atoms with van der Waals surface area (Å²) in [6, 6.07) is 6.02. The summed E-state index contributed by atoms with van der Waals surface area (Å²) in [6.45, 7) is 7.32. The topological polar surface area (TPSA) is 62.7 Å². The van der Waals surface area contributed by atoms with E-state index in [0.29, 0.717) is 11.9 Å². The molecule has 112 valence electrons. The molecule has 5 nitrogen and oxygen atoms in total. The zero-order valence-corrected chi connectivity index (χ0v) is 14.1. The molecule has 2 N–H and O–H groups in total. The van der Waals surface area contributed by atoms with E-state index in [2.05, 4.69) is 55.6 Å². The first kappa shape index (κ1) is 15.7. The summed E-state index contributed by atoms with van der Waals surface area (Å²) in [5, 5.41) is 14.4. The molecule has 0 bridgehead atoms. The summed E-state index contributed by atoms with van der Waals surface area (Å²) in [4.78, 5) is 4.41. The molecule has 0 aliphatic carbocycles. The monoisotopic (exact) mass is 349 g/mol. The van der Waals surface area contributed by atoms with Crippen molar-refractivity contribution >= 4 is 33.4 Å². The third-order valence-electron chi connectivity index (χ3n) is 3.01. The van der Waals surface area contributed by atoms with Crippen LogP contribution in [0.5, 0.6) is 0 Å². The lowest BCUT2D eigenvalue weighted by Crippen LogP contribution is -2.08. The predicted octanol–water partition coefficient (Wildman–Crippen LogP) is 4.14. The SMILES string of the molecule is Cc1ccc(Nc2nncc(NCCC(C)C)n2)cc1Br. The summed E-state index contributed by atoms with van der Waals surface area (Å²) in [7, 11) is 0. The Kier molecular flexibility index (Phi) is 5.50. The van der Waals surface area contributed by atoms with E-state index in [0.717, 1.165) is 28.9 Å². The fourth-order valence-corrected chi connectivity index (χ4v) is 2.11. The largest absolute Gasteiger partial charge is 0.369 e. The maximum absolute atomic E-state index is 4.41. The van der Waals surface area contributed by atoms with Crippen LogP contribution in [0.3, 0.4) is 0 Å². The van der Waals surface area contributed by atoms with Gasteiger partial charge in [0.1, 0.15) is 0 Å². The molecule has 1 aromatic carbocycles. The highest BCUT2D eigenvalue weighted by Crippen LogP contribution is 2.22. The zero-order chi connectivity index (χ0) is 15.2. The van der Waals surface area contributed by atoms with Crippen molar-refractivity contribution in [1.82, 2.24) is 15.2 Å². The molecular formula is C15H20BrN5. The molecule has 2 aromatic rings. The van der Waals surface area contributed by atoms with Gasteiger partial charge in [-0.15, -0.1) is 5.10 Å². The minimum absolute atomic E-state index is 0.486. The van der Waals surface area contributed by atoms with Gasteiger partial charge < -0.3 is 10.6 Å². The highest BCUT2D eigenvalue weighted by Gasteiger charge is 2.03. The zero-order valence-electron chi connectivity index (χ0n) is 12.5. The first-order valence-electron chi connectivity index (χ1n) is 7.01. The van der Waals surface area contributed by atoms with Crippen LogP contribution in [-0.4, -0.2) is 21.7 Å². The van der Waals surface area contributed by atoms with Crippen molar-refractivity contribution in [1.29, 1.82) is 0 Å². The number of nitrogens with one attached hydrogen (secondary N) is 2. The molecule has 0 amide bonds. The second-order valence-corrected chi connectivity index (χ2v) is 6.22. The highest BCUT2D eigenvalue weighted by molar-refractivity contribution is 9.10. The van der Waals surface area contributed by atoms with E-state index < -0.39 is 0 Å². The fraction of sp³-hybridized carbons (Fsp3) is 0.400. The van der Waals surface area contributed by atoms with Crippen LogP contribution in [0.25, 0.3) is 0 Å². The van der Waals surface area contributed by atoms with Gasteiger partial charge in [-0.3, -0.25) is 0 Å². The number of anilines is 3. The van der Waals surface area contributed by atoms with E-state index in [1.807, 2.05) is 25.1 Å². The third kappa shape index (κ3) is 4.97. The van der Waals surface area contributed by atoms with Crippen molar-refractivity contribution in [3.05, 3.63) is 34.4 Å². The van der Waals surface area contributed by atoms with Crippen LogP contribution < -0.4 is 10.6 Å². The van der Waals surface area contributed by atoms with Crippen molar-refractivity contribution in [2.24, 2.45) is 5.92 Å². The Morgan fingerprint density at radius 2 is 2.10 bits per heavy atom. The molecule has 0 unspecified atom stereocenters. The van der Waals surface area contributed by atoms with Gasteiger partial charge in [0.2, 0.25) is 5.95 Å². The molecule has 21 heavy (non-hydrogen) atoms. The second kappa shape index (κ2) is 7.36. The van der Waals surface area contributed by atoms with Crippen molar-refractivity contribution < 1.29 is 0 Å². The number of rotatable bonds is 6. The molecule has 1 aromatic heterocycles. The van der Waals surface area contributed by atoms with Crippen LogP contribution >= 0.6 is 15.9 Å². The lowest BCUT2D eigenvalue weighted by atomic mass is 10.1. The number of benzene rings is 1. The van der Waals surface area contributed by atoms with Crippen molar-refractivity contribution in [2.45, 2.75) is 27.2 Å². The van der Waals surface area contributed by atoms with Gasteiger partial charge in [-0.1, -0.05) is 35.8 Å². The summed E-state index contributed by atoms with van der Waals surface area (Å²) >= 11 is 3.51. The maximum Gasteiger partial charge on any atom is 0.249 e. The lowest BCUT2D eigenvalue weighted by Gasteiger charge is -2.09. The Bertz CT molecular complexity index is 600. The summed E-state index contributed by atoms with van der Waals surface area (Å²) < 4.78 is 1.05. The molecule has 0 radical (unpaired) electrons. The lowest BCUT2D eigenvalue weighted by molar-refractivity contribution is 0.606. The minimum atomic E-state index is 0.486. The molecule has 0 spiro atoms. The summed E-state index contributed by atoms with van der Waals surface area (Å²) in [5.74, 6) is 1.88. The molecule has 1 heterocycles. The second-order valence-electron chi connectivity index (χ2n) is 5.36. The van der Waals surface area contributed by atoms with Crippen molar-refractivity contribution in [3.8, 4) is 0 Å². The molecule has 0 aliphatic heterocycles. The molecule has 0 aliphatic rings. The van der Waals surface area contributed by atoms with E-state index in [1.165, 1.54) is 5.56 Å². The summed E-state index contributed by atoms with van der Waals surface area (Å²) in [5.41, 5.74) is 2.11. The predicted molar refractivity (Wildman–Crippen MR) is 89.9 cm³/mol. The van der Waals surface area contributed by atoms with Gasteiger partial charge >= 0.3 is 0 Å². The minimum Gasteiger partial charge on any atom is -0.369 e. The number of hydrogen-bond acceptors (Lipinski definition) is 5. The smallest absolute Gasteiger partial charge is 0.249 e. The van der Waals surface area contributed by atoms with Gasteiger partial charge in [0, 0.05) is 16.7 Å². The maximum atomic E-state index is 4.41. The van der Waals surface area contributed by atoms with E-state index in [9.17, 15) is 0 Å². The molecule has 0 saturated heterocycles. The molecular weight excluding hydrogens is 330 g/mol. The first-order chi connectivity index (χ1) is 10.0. The standard InChI is InChI=1S/C15H20BrN5/c1-10(2)6-7-17-14-9-18-21-15(20-14)19-12-5-4-11(3)13(16)8-12/h4-5,8-10H,6-7H2,1-3H3,(H2,17,19,20,21). The van der Waals surface area contributed by atoms with E-state index in [-0.39, 0.29) is 0 Å². The molecule has 6 heteroatoms. The van der Waals surface area contributed by atoms with Crippen LogP contribution in [0.1, 0.15) is 25.8 Å². The van der Waals surface area contributed by atoms with Crippen LogP contribution in [0.2, 0.25) is 0 Å². The van der Waals surface area contributed by atoms with E-state index >= 15 is 0 Å². The van der Waals surface area contributed by atoms with Crippen LogP contribution in [0, 0.1) is 12.8 Å². The number of hydrogen-bond donors (Lipinski definition) is 2. The molecule has 0 fully saturated rings. The fourth-order valence-electron chi connectivity index (χ4n) is 1.73. The van der Waals surface area contributed by atoms with Crippen molar-refractivity contribution in [3.63, 3.8) is 0 Å². The van der Waals surface area contributed by atoms with Gasteiger partial charge in [-0.05, 0) is 37.0 Å². The van der Waals surface area contributed by atoms with E-state index in [4.69, 9.17) is 0 Å². The van der Waals surface area contributed by atoms with Crippen molar-refractivity contribution in [2.75, 3.05) is 17.2 Å². The average Bonchev–Trinajstić information content (AvgIpc) is 2.43. The Morgan fingerprint density at radius 1 is 1.29 bits per heavy atom. The highest BCUT2D eigenvalue weighted by atomic mass is 79.9. The van der Waals surface area contributed by atoms with Gasteiger partial charge in [0.15, 0.2) is 5.82 Å². The van der Waals surface area contributed by atoms with Crippen LogP contribution in [0.15, 0.2) is 28.9 Å². The van der Waals surface area contributed by atoms with E-state index in [1.54, 1.807) is 6.20 Å². The van der Waals surface area contributed by atoms with Gasteiger partial charge in [-0.25, -0.2) is 0 Å². The third-order valence-corrected chi connectivity index (χ3v) is 3.87. The Balaban J connectivity index is 2.01. The van der Waals surface area contributed by atoms with Gasteiger partial charge in [0.05, 0.1) is 6.20 Å². The van der Waals surface area contributed by atoms with Gasteiger partial charge in [-0.2, -0.15) is 10.1 Å². The summed E-state index contributed by atoms with van der Waals surface area (Å²) in [6.07, 6.45) is 2.73. The quantitative estimate of drug-likeness (QED) is 0.820. The number of aromatic nitrogens is 3. The molecule has 2 rings (SSSR count). The molecule has 0 atom stereocenters. The Hall–Kier alpha value is -1.69. The molecule has 0 saturated carbocycles. The average molecular weight is 350 g/mol. The number of aryl methyl sites for hydroxylation is 1.